The fraction of sp³-hybridized carbons (Fsp3) is 0.400. The largest absolute Gasteiger partial charge is 0.418 e. The Balaban J connectivity index is 0.000000791. The van der Waals surface area contributed by atoms with Crippen molar-refractivity contribution in [3.63, 3.8) is 0 Å². The molecule has 0 aliphatic heterocycles. The van der Waals surface area contributed by atoms with Gasteiger partial charge in [-0.2, -0.15) is 13.2 Å². The van der Waals surface area contributed by atoms with E-state index in [2.05, 4.69) is 0 Å². The summed E-state index contributed by atoms with van der Waals surface area (Å²) in [5.41, 5.74) is -0.596. The van der Waals surface area contributed by atoms with Gasteiger partial charge in [0.2, 0.25) is 0 Å². The van der Waals surface area contributed by atoms with Crippen molar-refractivity contribution in [1.29, 1.82) is 0 Å². The molecule has 80 valence electrons. The molecule has 0 nitrogen and oxygen atoms in total. The minimum absolute atomic E-state index is 0.148. The van der Waals surface area contributed by atoms with E-state index in [1.807, 2.05) is 13.8 Å². The van der Waals surface area contributed by atoms with Crippen LogP contribution in [-0.4, -0.2) is 0 Å². The van der Waals surface area contributed by atoms with Crippen LogP contribution in [0.5, 0.6) is 0 Å². The number of aryl methyl sites for hydroxylation is 1. The molecule has 0 unspecified atom stereocenters. The lowest BCUT2D eigenvalue weighted by Gasteiger charge is -2.10. The van der Waals surface area contributed by atoms with Gasteiger partial charge in [-0.15, -0.1) is 0 Å². The fourth-order valence-electron chi connectivity index (χ4n) is 0.991. The van der Waals surface area contributed by atoms with Crippen molar-refractivity contribution < 1.29 is 13.2 Å². The van der Waals surface area contributed by atoms with Gasteiger partial charge in [0.05, 0.1) is 10.6 Å². The van der Waals surface area contributed by atoms with Crippen molar-refractivity contribution in [2.75, 3.05) is 0 Å². The van der Waals surface area contributed by atoms with E-state index >= 15 is 0 Å². The number of benzene rings is 1. The Kier molecular flexibility index (Phi) is 4.99. The summed E-state index contributed by atoms with van der Waals surface area (Å²) in [5, 5.41) is -0.248. The smallest absolute Gasteiger partial charge is 0.166 e. The first kappa shape index (κ1) is 13.3. The number of hydrogen-bond donors (Lipinski definition) is 0. The van der Waals surface area contributed by atoms with E-state index in [4.69, 9.17) is 11.6 Å². The van der Waals surface area contributed by atoms with Crippen LogP contribution in [0.3, 0.4) is 0 Å². The Morgan fingerprint density at radius 1 is 1.14 bits per heavy atom. The molecule has 0 spiro atoms. The molecule has 0 saturated carbocycles. The van der Waals surface area contributed by atoms with Crippen LogP contribution in [0.15, 0.2) is 18.2 Å². The van der Waals surface area contributed by atoms with Crippen LogP contribution in [0, 0.1) is 6.92 Å². The van der Waals surface area contributed by atoms with Crippen LogP contribution in [-0.2, 0) is 6.18 Å². The third-order valence-electron chi connectivity index (χ3n) is 1.51. The zero-order chi connectivity index (χ0) is 11.4. The van der Waals surface area contributed by atoms with Gasteiger partial charge in [0.1, 0.15) is 0 Å². The van der Waals surface area contributed by atoms with E-state index in [0.29, 0.717) is 0 Å². The molecule has 0 aliphatic rings. The Morgan fingerprint density at radius 3 is 1.93 bits per heavy atom. The van der Waals surface area contributed by atoms with Crippen LogP contribution in [0.1, 0.15) is 25.0 Å². The molecule has 1 aromatic carbocycles. The van der Waals surface area contributed by atoms with Gasteiger partial charge >= 0.3 is 6.18 Å². The first-order valence-electron chi connectivity index (χ1n) is 4.25. The lowest BCUT2D eigenvalue weighted by atomic mass is 10.1. The molecule has 0 aromatic heterocycles. The van der Waals surface area contributed by atoms with E-state index in [9.17, 15) is 13.2 Å². The lowest BCUT2D eigenvalue weighted by Crippen LogP contribution is -2.07. The Bertz CT molecular complexity index is 272. The molecule has 0 amide bonds. The first-order valence-corrected chi connectivity index (χ1v) is 4.63. The van der Waals surface area contributed by atoms with Crippen LogP contribution in [0.2, 0.25) is 5.02 Å². The van der Waals surface area contributed by atoms with Crippen molar-refractivity contribution in [3.05, 3.63) is 34.3 Å². The highest BCUT2D eigenvalue weighted by atomic mass is 35.5. The summed E-state index contributed by atoms with van der Waals surface area (Å²) in [6.45, 7) is 5.38. The molecule has 0 aliphatic carbocycles. The summed E-state index contributed by atoms with van der Waals surface area (Å²) in [6.07, 6.45) is -4.36. The molecular weight excluding hydrogens is 213 g/mol. The van der Waals surface area contributed by atoms with Crippen LogP contribution < -0.4 is 0 Å². The summed E-state index contributed by atoms with van der Waals surface area (Å²) >= 11 is 5.39. The Morgan fingerprint density at radius 2 is 1.64 bits per heavy atom. The third kappa shape index (κ3) is 3.22. The predicted octanol–water partition coefficient (Wildman–Crippen LogP) is 4.69. The van der Waals surface area contributed by atoms with Gasteiger partial charge in [-0.25, -0.2) is 0 Å². The number of alkyl halides is 3. The third-order valence-corrected chi connectivity index (χ3v) is 1.82. The Hall–Kier alpha value is -0.700. The van der Waals surface area contributed by atoms with Crippen molar-refractivity contribution in [2.45, 2.75) is 26.9 Å². The molecule has 4 heteroatoms. The monoisotopic (exact) mass is 224 g/mol. The van der Waals surface area contributed by atoms with Gasteiger partial charge < -0.3 is 0 Å². The standard InChI is InChI=1S/C8H6ClF3.C2H6/c1-5-3-2-4-6(9)7(5)8(10,11)12;1-2/h2-4H,1H3;1-2H3. The van der Waals surface area contributed by atoms with E-state index in [1.54, 1.807) is 0 Å². The lowest BCUT2D eigenvalue weighted by molar-refractivity contribution is -0.137. The van der Waals surface area contributed by atoms with Gasteiger partial charge in [0, 0.05) is 0 Å². The predicted molar refractivity (Wildman–Crippen MR) is 52.5 cm³/mol. The van der Waals surface area contributed by atoms with E-state index in [1.165, 1.54) is 25.1 Å². The molecule has 0 N–H and O–H groups in total. The van der Waals surface area contributed by atoms with Crippen LogP contribution >= 0.6 is 11.6 Å². The van der Waals surface area contributed by atoms with Crippen LogP contribution in [0.4, 0.5) is 13.2 Å². The average molecular weight is 225 g/mol. The summed E-state index contributed by atoms with van der Waals surface area (Å²) in [5.74, 6) is 0. The molecular formula is C10H12ClF3. The maximum atomic E-state index is 12.2. The van der Waals surface area contributed by atoms with E-state index < -0.39 is 11.7 Å². The molecule has 0 heterocycles. The van der Waals surface area contributed by atoms with Gasteiger partial charge in [0.15, 0.2) is 0 Å². The summed E-state index contributed by atoms with van der Waals surface area (Å²) in [7, 11) is 0. The second kappa shape index (κ2) is 5.25. The number of hydrogen-bond acceptors (Lipinski definition) is 0. The van der Waals surface area contributed by atoms with Crippen molar-refractivity contribution >= 4 is 11.6 Å². The highest BCUT2D eigenvalue weighted by molar-refractivity contribution is 6.31. The first-order chi connectivity index (χ1) is 6.43. The van der Waals surface area contributed by atoms with Gasteiger partial charge in [-0.05, 0) is 18.6 Å². The zero-order valence-corrected chi connectivity index (χ0v) is 9.00. The van der Waals surface area contributed by atoms with Crippen molar-refractivity contribution in [2.24, 2.45) is 0 Å². The highest BCUT2D eigenvalue weighted by Gasteiger charge is 2.34. The maximum Gasteiger partial charge on any atom is 0.418 e. The highest BCUT2D eigenvalue weighted by Crippen LogP contribution is 2.36. The molecule has 0 atom stereocenters. The van der Waals surface area contributed by atoms with Crippen molar-refractivity contribution in [3.8, 4) is 0 Å². The van der Waals surface area contributed by atoms with E-state index in [0.717, 1.165) is 0 Å². The van der Waals surface area contributed by atoms with Gasteiger partial charge in [-0.3, -0.25) is 0 Å². The fourth-order valence-corrected chi connectivity index (χ4v) is 1.32. The normalized spacial score (nSPS) is 10.5. The van der Waals surface area contributed by atoms with Crippen LogP contribution in [0.25, 0.3) is 0 Å². The van der Waals surface area contributed by atoms with Gasteiger partial charge in [-0.1, -0.05) is 37.6 Å². The number of halogens is 4. The minimum Gasteiger partial charge on any atom is -0.166 e. The second-order valence-corrected chi connectivity index (χ2v) is 2.84. The zero-order valence-electron chi connectivity index (χ0n) is 8.24. The molecule has 0 saturated heterocycles. The topological polar surface area (TPSA) is 0 Å². The van der Waals surface area contributed by atoms with E-state index in [-0.39, 0.29) is 10.6 Å². The number of rotatable bonds is 0. The minimum atomic E-state index is -4.36. The molecule has 1 rings (SSSR count). The molecule has 14 heavy (non-hydrogen) atoms. The molecule has 1 aromatic rings. The molecule has 0 bridgehead atoms. The average Bonchev–Trinajstić information content (AvgIpc) is 2.05. The molecule has 0 fully saturated rings. The SMILES string of the molecule is CC.Cc1cccc(Cl)c1C(F)(F)F. The maximum absolute atomic E-state index is 12.2. The summed E-state index contributed by atoms with van der Waals surface area (Å²) in [4.78, 5) is 0. The molecule has 0 radical (unpaired) electrons. The van der Waals surface area contributed by atoms with Gasteiger partial charge in [0.25, 0.3) is 0 Å². The Labute approximate surface area is 86.7 Å². The second-order valence-electron chi connectivity index (χ2n) is 2.43. The quantitative estimate of drug-likeness (QED) is 0.600. The summed E-state index contributed by atoms with van der Waals surface area (Å²) < 4.78 is 36.7. The van der Waals surface area contributed by atoms with Crippen molar-refractivity contribution in [1.82, 2.24) is 0 Å². The summed E-state index contributed by atoms with van der Waals surface area (Å²) in [6, 6.07) is 4.11.